The summed E-state index contributed by atoms with van der Waals surface area (Å²) < 4.78 is 5.83. The third-order valence-electron chi connectivity index (χ3n) is 6.69. The normalized spacial score (nSPS) is 57.3. The molecule has 2 nitrogen and oxygen atoms in total. The van der Waals surface area contributed by atoms with Crippen molar-refractivity contribution in [1.82, 2.24) is 0 Å². The first-order valence-electron chi connectivity index (χ1n) is 6.92. The summed E-state index contributed by atoms with van der Waals surface area (Å²) >= 11 is 0. The molecule has 0 aromatic carbocycles. The fourth-order valence-corrected chi connectivity index (χ4v) is 5.34. The van der Waals surface area contributed by atoms with E-state index in [1.807, 2.05) is 7.11 Å². The zero-order chi connectivity index (χ0) is 12.5. The van der Waals surface area contributed by atoms with Gasteiger partial charge >= 0.3 is 0 Å². The Kier molecular flexibility index (Phi) is 2.16. The number of ether oxygens (including phenoxy) is 1. The van der Waals surface area contributed by atoms with Crippen LogP contribution >= 0.6 is 0 Å². The Morgan fingerprint density at radius 1 is 1.29 bits per heavy atom. The van der Waals surface area contributed by atoms with Gasteiger partial charge in [0.25, 0.3) is 0 Å². The molecule has 96 valence electrons. The Morgan fingerprint density at radius 3 is 2.65 bits per heavy atom. The summed E-state index contributed by atoms with van der Waals surface area (Å²) in [4.78, 5) is 12.0. The maximum Gasteiger partial charge on any atom is 0.134 e. The van der Waals surface area contributed by atoms with Crippen molar-refractivity contribution in [2.45, 2.75) is 58.5 Å². The molecule has 3 fully saturated rings. The largest absolute Gasteiger partial charge is 0.378 e. The molecule has 0 unspecified atom stereocenters. The Morgan fingerprint density at radius 2 is 2.00 bits per heavy atom. The van der Waals surface area contributed by atoms with Crippen molar-refractivity contribution < 1.29 is 9.53 Å². The van der Waals surface area contributed by atoms with Crippen molar-refractivity contribution in [2.75, 3.05) is 7.11 Å². The number of hydrogen-bond acceptors (Lipinski definition) is 2. The van der Waals surface area contributed by atoms with E-state index in [1.54, 1.807) is 0 Å². The van der Waals surface area contributed by atoms with Crippen LogP contribution in [0, 0.1) is 22.7 Å². The molecule has 2 bridgehead atoms. The first-order valence-corrected chi connectivity index (χ1v) is 6.92. The van der Waals surface area contributed by atoms with E-state index in [1.165, 1.54) is 12.8 Å². The third kappa shape index (κ3) is 1.23. The molecular formula is C15H24O2. The third-order valence-corrected chi connectivity index (χ3v) is 6.69. The lowest BCUT2D eigenvalue weighted by Gasteiger charge is -2.48. The number of fused-ring (bicyclic) bond motifs is 1. The van der Waals surface area contributed by atoms with E-state index >= 15 is 0 Å². The predicted molar refractivity (Wildman–Crippen MR) is 66.7 cm³/mol. The van der Waals surface area contributed by atoms with Crippen LogP contribution in [-0.2, 0) is 9.53 Å². The van der Waals surface area contributed by atoms with Crippen LogP contribution in [0.4, 0.5) is 0 Å². The molecule has 0 saturated heterocycles. The highest BCUT2D eigenvalue weighted by Gasteiger charge is 2.68. The smallest absolute Gasteiger partial charge is 0.134 e. The molecule has 0 radical (unpaired) electrons. The number of rotatable bonds is 1. The number of carbonyl (C=O) groups excluding carboxylic acids is 1. The van der Waals surface area contributed by atoms with Crippen LogP contribution in [0.3, 0.4) is 0 Å². The van der Waals surface area contributed by atoms with Gasteiger partial charge in [0, 0.05) is 20.0 Å². The van der Waals surface area contributed by atoms with Gasteiger partial charge in [0.05, 0.1) is 5.60 Å². The number of ketones is 1. The first kappa shape index (κ1) is 11.7. The standard InChI is InChI=1S/C15H24O2/c1-10-5-11-6-15(9-14(11,3)17-4)8-12(16)7-13(10,15)2/h10-11H,5-9H2,1-4H3/t10-,11-,13+,14-,15-/m1/s1. The van der Waals surface area contributed by atoms with Crippen molar-refractivity contribution in [3.05, 3.63) is 0 Å². The number of Topliss-reactive ketones (excluding diaryl/α,β-unsaturated/α-hetero) is 1. The Balaban J connectivity index is 2.07. The zero-order valence-electron chi connectivity index (χ0n) is 11.5. The van der Waals surface area contributed by atoms with E-state index in [0.717, 1.165) is 19.3 Å². The van der Waals surface area contributed by atoms with Gasteiger partial charge in [-0.2, -0.15) is 0 Å². The minimum Gasteiger partial charge on any atom is -0.378 e. The molecule has 0 aromatic rings. The van der Waals surface area contributed by atoms with E-state index in [0.29, 0.717) is 17.6 Å². The van der Waals surface area contributed by atoms with Gasteiger partial charge in [-0.3, -0.25) is 4.79 Å². The van der Waals surface area contributed by atoms with Crippen LogP contribution in [-0.4, -0.2) is 18.5 Å². The molecule has 17 heavy (non-hydrogen) atoms. The number of carbonyl (C=O) groups is 1. The lowest BCUT2D eigenvalue weighted by molar-refractivity contribution is -0.118. The van der Waals surface area contributed by atoms with Gasteiger partial charge in [0.15, 0.2) is 0 Å². The molecule has 3 rings (SSSR count). The molecule has 0 N–H and O–H groups in total. The lowest BCUT2D eigenvalue weighted by Crippen LogP contribution is -2.41. The zero-order valence-corrected chi connectivity index (χ0v) is 11.5. The Bertz CT molecular complexity index is 377. The van der Waals surface area contributed by atoms with Gasteiger partial charge in [0.2, 0.25) is 0 Å². The van der Waals surface area contributed by atoms with Crippen molar-refractivity contribution in [1.29, 1.82) is 0 Å². The molecule has 3 saturated carbocycles. The summed E-state index contributed by atoms with van der Waals surface area (Å²) in [7, 11) is 1.84. The van der Waals surface area contributed by atoms with Gasteiger partial charge in [-0.05, 0) is 48.9 Å². The van der Waals surface area contributed by atoms with Crippen LogP contribution in [0.25, 0.3) is 0 Å². The highest BCUT2D eigenvalue weighted by atomic mass is 16.5. The van der Waals surface area contributed by atoms with E-state index in [9.17, 15) is 4.79 Å². The Labute approximate surface area is 104 Å². The quantitative estimate of drug-likeness (QED) is 0.699. The minimum absolute atomic E-state index is 0.0106. The molecule has 0 amide bonds. The second kappa shape index (κ2) is 3.14. The number of methoxy groups -OCH3 is 1. The average Bonchev–Trinajstić information content (AvgIpc) is 2.63. The van der Waals surface area contributed by atoms with Gasteiger partial charge in [0.1, 0.15) is 5.78 Å². The second-order valence-corrected chi connectivity index (χ2v) is 7.32. The molecule has 5 atom stereocenters. The fraction of sp³-hybridized carbons (Fsp3) is 0.933. The monoisotopic (exact) mass is 236 g/mol. The molecule has 0 aliphatic heterocycles. The number of hydrogen-bond donors (Lipinski definition) is 0. The van der Waals surface area contributed by atoms with Gasteiger partial charge in [-0.25, -0.2) is 0 Å². The maximum atomic E-state index is 12.0. The summed E-state index contributed by atoms with van der Waals surface area (Å²) in [5.41, 5.74) is 0.491. The van der Waals surface area contributed by atoms with E-state index in [-0.39, 0.29) is 16.4 Å². The molecule has 0 aromatic heterocycles. The van der Waals surface area contributed by atoms with Crippen molar-refractivity contribution in [2.24, 2.45) is 22.7 Å². The highest BCUT2D eigenvalue weighted by Crippen LogP contribution is 2.71. The van der Waals surface area contributed by atoms with Crippen molar-refractivity contribution in [3.8, 4) is 0 Å². The maximum absolute atomic E-state index is 12.0. The van der Waals surface area contributed by atoms with Gasteiger partial charge < -0.3 is 4.74 Å². The van der Waals surface area contributed by atoms with Gasteiger partial charge in [-0.1, -0.05) is 13.8 Å². The van der Waals surface area contributed by atoms with E-state index < -0.39 is 0 Å². The summed E-state index contributed by atoms with van der Waals surface area (Å²) in [6.07, 6.45) is 5.15. The Hall–Kier alpha value is -0.370. The molecule has 3 aliphatic carbocycles. The molecule has 1 spiro atoms. The topological polar surface area (TPSA) is 26.3 Å². The van der Waals surface area contributed by atoms with Crippen molar-refractivity contribution >= 4 is 5.78 Å². The minimum atomic E-state index is 0.0106. The molecule has 2 heteroatoms. The summed E-state index contributed by atoms with van der Waals surface area (Å²) in [5.74, 6) is 1.80. The molecule has 0 heterocycles. The van der Waals surface area contributed by atoms with E-state index in [2.05, 4.69) is 20.8 Å². The SMILES string of the molecule is CO[C@]1(C)C[C@@]23CC(=O)C[C@@]2(C)[C@H](C)C[C@@H]1C3. The average molecular weight is 236 g/mol. The van der Waals surface area contributed by atoms with Gasteiger partial charge in [-0.15, -0.1) is 0 Å². The van der Waals surface area contributed by atoms with Crippen LogP contribution < -0.4 is 0 Å². The molecule has 3 aliphatic rings. The highest BCUT2D eigenvalue weighted by molar-refractivity contribution is 5.83. The summed E-state index contributed by atoms with van der Waals surface area (Å²) in [6.45, 7) is 6.97. The van der Waals surface area contributed by atoms with Crippen LogP contribution in [0.5, 0.6) is 0 Å². The van der Waals surface area contributed by atoms with Crippen molar-refractivity contribution in [3.63, 3.8) is 0 Å². The molecular weight excluding hydrogens is 212 g/mol. The summed E-state index contributed by atoms with van der Waals surface area (Å²) in [6, 6.07) is 0. The van der Waals surface area contributed by atoms with Crippen LogP contribution in [0.2, 0.25) is 0 Å². The predicted octanol–water partition coefficient (Wildman–Crippen LogP) is 3.20. The van der Waals surface area contributed by atoms with Crippen LogP contribution in [0.1, 0.15) is 52.9 Å². The van der Waals surface area contributed by atoms with E-state index in [4.69, 9.17) is 4.74 Å². The lowest BCUT2D eigenvalue weighted by atomic mass is 9.55. The van der Waals surface area contributed by atoms with Crippen LogP contribution in [0.15, 0.2) is 0 Å². The summed E-state index contributed by atoms with van der Waals surface area (Å²) in [5, 5.41) is 0. The fourth-order valence-electron chi connectivity index (χ4n) is 5.34. The second-order valence-electron chi connectivity index (χ2n) is 7.32. The first-order chi connectivity index (χ1) is 7.85.